The minimum absolute atomic E-state index is 0.0328. The summed E-state index contributed by atoms with van der Waals surface area (Å²) in [4.78, 5) is 16.2. The van der Waals surface area contributed by atoms with Gasteiger partial charge in [-0.2, -0.15) is 5.26 Å². The van der Waals surface area contributed by atoms with Gasteiger partial charge in [0.05, 0.1) is 11.6 Å². The lowest BCUT2D eigenvalue weighted by Crippen LogP contribution is -2.24. The molecular weight excluding hydrogens is 210 g/mol. The van der Waals surface area contributed by atoms with E-state index in [1.165, 1.54) is 0 Å². The van der Waals surface area contributed by atoms with Crippen LogP contribution in [-0.4, -0.2) is 14.8 Å². The van der Waals surface area contributed by atoms with Gasteiger partial charge in [-0.3, -0.25) is 9.36 Å². The molecule has 0 saturated carbocycles. The Morgan fingerprint density at radius 2 is 2.47 bits per heavy atom. The van der Waals surface area contributed by atoms with Gasteiger partial charge in [-0.15, -0.1) is 11.8 Å². The van der Waals surface area contributed by atoms with E-state index in [4.69, 9.17) is 5.26 Å². The van der Waals surface area contributed by atoms with Crippen molar-refractivity contribution in [2.24, 2.45) is 7.05 Å². The zero-order chi connectivity index (χ0) is 11.0. The molecule has 0 radical (unpaired) electrons. The maximum atomic E-state index is 11.9. The van der Waals surface area contributed by atoms with Crippen molar-refractivity contribution in [1.82, 2.24) is 9.55 Å². The van der Waals surface area contributed by atoms with Crippen molar-refractivity contribution in [3.8, 4) is 6.07 Å². The molecule has 0 amide bonds. The molecule has 15 heavy (non-hydrogen) atoms. The zero-order valence-electron chi connectivity index (χ0n) is 8.65. The Morgan fingerprint density at radius 3 is 3.13 bits per heavy atom. The largest absolute Gasteiger partial charge is 0.300 e. The van der Waals surface area contributed by atoms with E-state index < -0.39 is 0 Å². The average Bonchev–Trinajstić information content (AvgIpc) is 2.58. The molecule has 1 aliphatic heterocycles. The fourth-order valence-electron chi connectivity index (χ4n) is 1.65. The van der Waals surface area contributed by atoms with Gasteiger partial charge in [0, 0.05) is 18.7 Å². The van der Waals surface area contributed by atoms with Crippen molar-refractivity contribution < 1.29 is 0 Å². The minimum atomic E-state index is 0.0328. The van der Waals surface area contributed by atoms with Crippen LogP contribution in [0.1, 0.15) is 17.8 Å². The molecule has 0 bridgehead atoms. The van der Waals surface area contributed by atoms with Crippen molar-refractivity contribution in [2.75, 3.05) is 0 Å². The second kappa shape index (κ2) is 3.70. The topological polar surface area (TPSA) is 58.7 Å². The maximum Gasteiger partial charge on any atom is 0.257 e. The lowest BCUT2D eigenvalue weighted by molar-refractivity contribution is 0.722. The summed E-state index contributed by atoms with van der Waals surface area (Å²) in [7, 11) is 1.73. The Bertz CT molecular complexity index is 501. The van der Waals surface area contributed by atoms with Crippen LogP contribution < -0.4 is 5.56 Å². The molecule has 0 N–H and O–H groups in total. The first-order chi connectivity index (χ1) is 7.13. The third-order valence-electron chi connectivity index (χ3n) is 2.60. The van der Waals surface area contributed by atoms with Gasteiger partial charge in [0.2, 0.25) is 0 Å². The highest BCUT2D eigenvalue weighted by molar-refractivity contribution is 8.00. The summed E-state index contributed by atoms with van der Waals surface area (Å²) in [5.41, 5.74) is 0.804. The summed E-state index contributed by atoms with van der Waals surface area (Å²) in [5.74, 6) is 0.726. The van der Waals surface area contributed by atoms with Gasteiger partial charge in [-0.1, -0.05) is 0 Å². The number of rotatable bonds is 1. The number of nitriles is 1. The summed E-state index contributed by atoms with van der Waals surface area (Å²) in [6.45, 7) is 1.82. The van der Waals surface area contributed by atoms with Crippen molar-refractivity contribution >= 4 is 11.8 Å². The van der Waals surface area contributed by atoms with Crippen LogP contribution >= 0.6 is 11.8 Å². The maximum absolute atomic E-state index is 11.9. The number of aryl methyl sites for hydroxylation is 1. The SMILES string of the molecule is Cc1nc2c(c(=O)n1C)C[C@@H](CC#N)S2. The molecule has 0 unspecified atom stereocenters. The van der Waals surface area contributed by atoms with E-state index in [1.807, 2.05) is 6.92 Å². The van der Waals surface area contributed by atoms with Gasteiger partial charge in [0.1, 0.15) is 10.9 Å². The van der Waals surface area contributed by atoms with Crippen molar-refractivity contribution in [2.45, 2.75) is 30.0 Å². The highest BCUT2D eigenvalue weighted by atomic mass is 32.2. The van der Waals surface area contributed by atoms with Crippen molar-refractivity contribution in [3.05, 3.63) is 21.7 Å². The second-order valence-electron chi connectivity index (χ2n) is 3.61. The van der Waals surface area contributed by atoms with E-state index in [0.717, 1.165) is 16.4 Å². The van der Waals surface area contributed by atoms with Crippen LogP contribution in [0.25, 0.3) is 0 Å². The first kappa shape index (κ1) is 10.2. The van der Waals surface area contributed by atoms with Gasteiger partial charge >= 0.3 is 0 Å². The van der Waals surface area contributed by atoms with Crippen LogP contribution in [0.5, 0.6) is 0 Å². The Balaban J connectivity index is 2.44. The van der Waals surface area contributed by atoms with E-state index in [9.17, 15) is 4.79 Å². The first-order valence-corrected chi connectivity index (χ1v) is 5.61. The molecule has 78 valence electrons. The first-order valence-electron chi connectivity index (χ1n) is 4.73. The number of hydrogen-bond acceptors (Lipinski definition) is 4. The third-order valence-corrected chi connectivity index (χ3v) is 3.83. The Morgan fingerprint density at radius 1 is 1.73 bits per heavy atom. The fourth-order valence-corrected chi connectivity index (χ4v) is 2.87. The lowest BCUT2D eigenvalue weighted by Gasteiger charge is -2.04. The predicted octanol–water partition coefficient (Wildman–Crippen LogP) is 1.02. The van der Waals surface area contributed by atoms with Crippen molar-refractivity contribution in [3.63, 3.8) is 0 Å². The standard InChI is InChI=1S/C10H11N3OS/c1-6-12-9-8(10(14)13(6)2)5-7(15-9)3-4-11/h7H,3,5H2,1-2H3/t7-/m1/s1. The Kier molecular flexibility index (Phi) is 2.53. The normalized spacial score (nSPS) is 18.6. The molecule has 2 heterocycles. The number of hydrogen-bond donors (Lipinski definition) is 0. The van der Waals surface area contributed by atoms with E-state index >= 15 is 0 Å². The molecule has 0 fully saturated rings. The molecule has 1 aromatic heterocycles. The van der Waals surface area contributed by atoms with E-state index in [2.05, 4.69) is 11.1 Å². The smallest absolute Gasteiger partial charge is 0.257 e. The summed E-state index contributed by atoms with van der Waals surface area (Å²) in [6.07, 6.45) is 1.15. The van der Waals surface area contributed by atoms with Crippen LogP contribution in [0, 0.1) is 18.3 Å². The molecule has 0 aliphatic carbocycles. The van der Waals surface area contributed by atoms with E-state index in [0.29, 0.717) is 12.8 Å². The number of aromatic nitrogens is 2. The van der Waals surface area contributed by atoms with Crippen LogP contribution in [0.2, 0.25) is 0 Å². The van der Waals surface area contributed by atoms with Crippen LogP contribution in [0.3, 0.4) is 0 Å². The predicted molar refractivity (Wildman–Crippen MR) is 57.8 cm³/mol. The molecule has 0 aromatic carbocycles. The summed E-state index contributed by atoms with van der Waals surface area (Å²) < 4.78 is 1.56. The molecule has 2 rings (SSSR count). The van der Waals surface area contributed by atoms with Gasteiger partial charge < -0.3 is 0 Å². The Labute approximate surface area is 91.9 Å². The second-order valence-corrected chi connectivity index (χ2v) is 4.90. The number of fused-ring (bicyclic) bond motifs is 1. The third kappa shape index (κ3) is 1.65. The summed E-state index contributed by atoms with van der Waals surface area (Å²) >= 11 is 1.55. The van der Waals surface area contributed by atoms with E-state index in [1.54, 1.807) is 23.4 Å². The van der Waals surface area contributed by atoms with Gasteiger partial charge in [0.25, 0.3) is 5.56 Å². The quantitative estimate of drug-likeness (QED) is 0.664. The molecule has 4 nitrogen and oxygen atoms in total. The van der Waals surface area contributed by atoms with Gasteiger partial charge in [-0.05, 0) is 13.3 Å². The number of thioether (sulfide) groups is 1. The molecule has 1 aromatic rings. The van der Waals surface area contributed by atoms with E-state index in [-0.39, 0.29) is 10.8 Å². The van der Waals surface area contributed by atoms with Crippen LogP contribution in [-0.2, 0) is 13.5 Å². The summed E-state index contributed by atoms with van der Waals surface area (Å²) in [6, 6.07) is 2.14. The average molecular weight is 221 g/mol. The lowest BCUT2D eigenvalue weighted by atomic mass is 10.1. The molecular formula is C10H11N3OS. The fraction of sp³-hybridized carbons (Fsp3) is 0.500. The van der Waals surface area contributed by atoms with Gasteiger partial charge in [0.15, 0.2) is 0 Å². The summed E-state index contributed by atoms with van der Waals surface area (Å²) in [5, 5.41) is 9.63. The molecule has 1 atom stereocenters. The Hall–Kier alpha value is -1.28. The zero-order valence-corrected chi connectivity index (χ0v) is 9.47. The highest BCUT2D eigenvalue weighted by Crippen LogP contribution is 2.35. The van der Waals surface area contributed by atoms with Crippen LogP contribution in [0.4, 0.5) is 0 Å². The van der Waals surface area contributed by atoms with Gasteiger partial charge in [-0.25, -0.2) is 4.98 Å². The van der Waals surface area contributed by atoms with Crippen LogP contribution in [0.15, 0.2) is 9.82 Å². The van der Waals surface area contributed by atoms with Crippen molar-refractivity contribution in [1.29, 1.82) is 5.26 Å². The molecule has 5 heteroatoms. The minimum Gasteiger partial charge on any atom is -0.300 e. The highest BCUT2D eigenvalue weighted by Gasteiger charge is 2.27. The monoisotopic (exact) mass is 221 g/mol. The molecule has 0 saturated heterocycles. The molecule has 1 aliphatic rings. The number of nitrogens with zero attached hydrogens (tertiary/aromatic N) is 3. The molecule has 0 spiro atoms.